The summed E-state index contributed by atoms with van der Waals surface area (Å²) in [5, 5.41) is 12.0. The SMILES string of the molecule is NCC1(C(=O)NCC2CCCC2C(=O)O)CCC1. The molecule has 2 atom stereocenters. The quantitative estimate of drug-likeness (QED) is 0.674. The number of hydrogen-bond donors (Lipinski definition) is 3. The van der Waals surface area contributed by atoms with Crippen LogP contribution >= 0.6 is 0 Å². The van der Waals surface area contributed by atoms with E-state index in [2.05, 4.69) is 5.32 Å². The van der Waals surface area contributed by atoms with Crippen LogP contribution in [0.15, 0.2) is 0 Å². The van der Waals surface area contributed by atoms with Crippen molar-refractivity contribution in [2.45, 2.75) is 38.5 Å². The lowest BCUT2D eigenvalue weighted by Gasteiger charge is -2.39. The molecular formula is C13H22N2O3. The molecule has 0 aromatic heterocycles. The Morgan fingerprint density at radius 3 is 2.50 bits per heavy atom. The molecular weight excluding hydrogens is 232 g/mol. The van der Waals surface area contributed by atoms with Crippen LogP contribution in [-0.2, 0) is 9.59 Å². The largest absolute Gasteiger partial charge is 0.481 e. The third kappa shape index (κ3) is 2.36. The standard InChI is InChI=1S/C13H22N2O3/c14-8-13(5-2-6-13)12(18)15-7-9-3-1-4-10(9)11(16)17/h9-10H,1-8,14H2,(H,15,18)(H,16,17). The predicted octanol–water partition coefficient (Wildman–Crippen LogP) is 0.732. The molecule has 0 aromatic rings. The molecule has 5 heteroatoms. The lowest BCUT2D eigenvalue weighted by atomic mass is 9.68. The Bertz CT molecular complexity index is 334. The first-order valence-corrected chi connectivity index (χ1v) is 6.80. The first-order chi connectivity index (χ1) is 8.59. The molecule has 2 unspecified atom stereocenters. The summed E-state index contributed by atoms with van der Waals surface area (Å²) in [4.78, 5) is 23.1. The van der Waals surface area contributed by atoms with E-state index < -0.39 is 5.97 Å². The van der Waals surface area contributed by atoms with Gasteiger partial charge in [0, 0.05) is 13.1 Å². The highest BCUT2D eigenvalue weighted by molar-refractivity contribution is 5.83. The first kappa shape index (κ1) is 13.3. The van der Waals surface area contributed by atoms with Crippen molar-refractivity contribution in [2.24, 2.45) is 23.0 Å². The number of carboxylic acid groups (broad SMARTS) is 1. The summed E-state index contributed by atoms with van der Waals surface area (Å²) in [5.41, 5.74) is 5.31. The molecule has 0 radical (unpaired) electrons. The second-order valence-electron chi connectivity index (χ2n) is 5.68. The topological polar surface area (TPSA) is 92.4 Å². The minimum atomic E-state index is -0.732. The van der Waals surface area contributed by atoms with Crippen molar-refractivity contribution >= 4 is 11.9 Å². The first-order valence-electron chi connectivity index (χ1n) is 6.80. The maximum absolute atomic E-state index is 12.1. The summed E-state index contributed by atoms with van der Waals surface area (Å²) < 4.78 is 0. The highest BCUT2D eigenvalue weighted by Gasteiger charge is 2.43. The van der Waals surface area contributed by atoms with E-state index in [0.717, 1.165) is 38.5 Å². The number of rotatable bonds is 5. The molecule has 2 aliphatic carbocycles. The van der Waals surface area contributed by atoms with Crippen molar-refractivity contribution in [3.8, 4) is 0 Å². The van der Waals surface area contributed by atoms with E-state index in [1.165, 1.54) is 0 Å². The Morgan fingerprint density at radius 2 is 2.00 bits per heavy atom. The normalized spacial score (nSPS) is 29.6. The Labute approximate surface area is 107 Å². The maximum Gasteiger partial charge on any atom is 0.306 e. The van der Waals surface area contributed by atoms with Gasteiger partial charge in [-0.3, -0.25) is 9.59 Å². The van der Waals surface area contributed by atoms with Crippen LogP contribution in [0.2, 0.25) is 0 Å². The van der Waals surface area contributed by atoms with Crippen molar-refractivity contribution in [1.29, 1.82) is 0 Å². The van der Waals surface area contributed by atoms with Gasteiger partial charge in [-0.1, -0.05) is 12.8 Å². The maximum atomic E-state index is 12.1. The van der Waals surface area contributed by atoms with Crippen molar-refractivity contribution in [3.63, 3.8) is 0 Å². The van der Waals surface area contributed by atoms with Gasteiger partial charge >= 0.3 is 5.97 Å². The molecule has 18 heavy (non-hydrogen) atoms. The van der Waals surface area contributed by atoms with Gasteiger partial charge in [0.15, 0.2) is 0 Å². The lowest BCUT2D eigenvalue weighted by molar-refractivity contribution is -0.143. The molecule has 0 spiro atoms. The minimum Gasteiger partial charge on any atom is -0.481 e. The van der Waals surface area contributed by atoms with E-state index in [1.807, 2.05) is 0 Å². The number of amides is 1. The van der Waals surface area contributed by atoms with Gasteiger partial charge in [-0.25, -0.2) is 0 Å². The molecule has 0 bridgehead atoms. The van der Waals surface area contributed by atoms with Crippen LogP contribution < -0.4 is 11.1 Å². The fourth-order valence-electron chi connectivity index (χ4n) is 3.14. The molecule has 5 nitrogen and oxygen atoms in total. The number of carboxylic acids is 1. The van der Waals surface area contributed by atoms with Gasteiger partial charge in [0.25, 0.3) is 0 Å². The number of nitrogens with two attached hydrogens (primary N) is 1. The Morgan fingerprint density at radius 1 is 1.28 bits per heavy atom. The smallest absolute Gasteiger partial charge is 0.306 e. The van der Waals surface area contributed by atoms with Gasteiger partial charge in [0.05, 0.1) is 11.3 Å². The summed E-state index contributed by atoms with van der Waals surface area (Å²) in [5.74, 6) is -0.918. The fourth-order valence-corrected chi connectivity index (χ4v) is 3.14. The number of carbonyl (C=O) groups excluding carboxylic acids is 1. The molecule has 1 amide bonds. The van der Waals surface area contributed by atoms with E-state index in [0.29, 0.717) is 13.1 Å². The van der Waals surface area contributed by atoms with Crippen LogP contribution in [0.5, 0.6) is 0 Å². The zero-order valence-electron chi connectivity index (χ0n) is 10.7. The van der Waals surface area contributed by atoms with Crippen LogP contribution in [0.4, 0.5) is 0 Å². The number of hydrogen-bond acceptors (Lipinski definition) is 3. The van der Waals surface area contributed by atoms with Gasteiger partial charge < -0.3 is 16.2 Å². The van der Waals surface area contributed by atoms with Crippen LogP contribution in [0, 0.1) is 17.3 Å². The van der Waals surface area contributed by atoms with Crippen LogP contribution in [0.1, 0.15) is 38.5 Å². The second-order valence-corrected chi connectivity index (χ2v) is 5.68. The average Bonchev–Trinajstić information content (AvgIpc) is 2.73. The van der Waals surface area contributed by atoms with Gasteiger partial charge in [-0.15, -0.1) is 0 Å². The summed E-state index contributed by atoms with van der Waals surface area (Å²) in [7, 11) is 0. The molecule has 2 fully saturated rings. The van der Waals surface area contributed by atoms with Crippen LogP contribution in [-0.4, -0.2) is 30.1 Å². The van der Waals surface area contributed by atoms with Crippen molar-refractivity contribution in [2.75, 3.05) is 13.1 Å². The summed E-state index contributed by atoms with van der Waals surface area (Å²) in [6, 6.07) is 0. The van der Waals surface area contributed by atoms with Gasteiger partial charge in [-0.05, 0) is 31.6 Å². The predicted molar refractivity (Wildman–Crippen MR) is 66.8 cm³/mol. The fraction of sp³-hybridized carbons (Fsp3) is 0.846. The van der Waals surface area contributed by atoms with E-state index in [4.69, 9.17) is 10.8 Å². The Kier molecular flexibility index (Phi) is 3.90. The highest BCUT2D eigenvalue weighted by Crippen LogP contribution is 2.40. The lowest BCUT2D eigenvalue weighted by Crippen LogP contribution is -2.51. The molecule has 0 saturated heterocycles. The molecule has 2 aliphatic rings. The molecule has 2 rings (SSSR count). The number of carbonyl (C=O) groups is 2. The molecule has 2 saturated carbocycles. The zero-order valence-corrected chi connectivity index (χ0v) is 10.7. The van der Waals surface area contributed by atoms with E-state index in [9.17, 15) is 9.59 Å². The third-order valence-corrected chi connectivity index (χ3v) is 4.68. The van der Waals surface area contributed by atoms with E-state index in [-0.39, 0.29) is 23.2 Å². The van der Waals surface area contributed by atoms with Crippen LogP contribution in [0.3, 0.4) is 0 Å². The van der Waals surface area contributed by atoms with Crippen LogP contribution in [0.25, 0.3) is 0 Å². The second kappa shape index (κ2) is 5.26. The zero-order chi connectivity index (χ0) is 13.2. The van der Waals surface area contributed by atoms with Gasteiger partial charge in [0.1, 0.15) is 0 Å². The Hall–Kier alpha value is -1.10. The number of aliphatic carboxylic acids is 1. The summed E-state index contributed by atoms with van der Waals surface area (Å²) in [6.07, 6.45) is 5.36. The van der Waals surface area contributed by atoms with Crippen molar-refractivity contribution < 1.29 is 14.7 Å². The average molecular weight is 254 g/mol. The van der Waals surface area contributed by atoms with Crippen molar-refractivity contribution in [1.82, 2.24) is 5.32 Å². The minimum absolute atomic E-state index is 0.0206. The number of nitrogens with one attached hydrogen (secondary N) is 1. The highest BCUT2D eigenvalue weighted by atomic mass is 16.4. The summed E-state index contributed by atoms with van der Waals surface area (Å²) in [6.45, 7) is 0.878. The molecule has 0 heterocycles. The van der Waals surface area contributed by atoms with E-state index >= 15 is 0 Å². The molecule has 4 N–H and O–H groups in total. The molecule has 0 aliphatic heterocycles. The Balaban J connectivity index is 1.84. The van der Waals surface area contributed by atoms with Gasteiger partial charge in [-0.2, -0.15) is 0 Å². The third-order valence-electron chi connectivity index (χ3n) is 4.68. The molecule has 0 aromatic carbocycles. The van der Waals surface area contributed by atoms with E-state index in [1.54, 1.807) is 0 Å². The van der Waals surface area contributed by atoms with Gasteiger partial charge in [0.2, 0.25) is 5.91 Å². The monoisotopic (exact) mass is 254 g/mol. The van der Waals surface area contributed by atoms with Crippen molar-refractivity contribution in [3.05, 3.63) is 0 Å². The summed E-state index contributed by atoms with van der Waals surface area (Å²) >= 11 is 0. The molecule has 102 valence electrons.